The second kappa shape index (κ2) is 24.9. The van der Waals surface area contributed by atoms with Crippen LogP contribution in [0.1, 0.15) is 27.7 Å². The van der Waals surface area contributed by atoms with Gasteiger partial charge in [0.05, 0.1) is 26.4 Å². The molecule has 2 fully saturated rings. The average Bonchev–Trinajstić information content (AvgIpc) is 2.68. The summed E-state index contributed by atoms with van der Waals surface area (Å²) in [7, 11) is 0. The largest absolute Gasteiger partial charge is 1.00 e. The van der Waals surface area contributed by atoms with E-state index in [4.69, 9.17) is 86.4 Å². The Morgan fingerprint density at radius 3 is 1.50 bits per heavy atom. The number of rotatable bonds is 2. The predicted octanol–water partition coefficient (Wildman–Crippen LogP) is 1.36. The number of carboxylic acid groups (broad SMARTS) is 1. The summed E-state index contributed by atoms with van der Waals surface area (Å²) in [5.41, 5.74) is 0. The molecule has 0 amide bonds. The number of halogens is 4. The number of thiocarbonyl (C=S) groups is 2. The predicted molar refractivity (Wildman–Crippen MR) is 152 cm³/mol. The summed E-state index contributed by atoms with van der Waals surface area (Å²) in [6, 6.07) is 0. The number of ether oxygens (including phenoxy) is 2. The number of hydrogen-bond donors (Lipinski definition) is 1. The van der Waals surface area contributed by atoms with Crippen LogP contribution in [0, 0.1) is 0 Å². The Labute approximate surface area is 266 Å². The van der Waals surface area contributed by atoms with Crippen molar-refractivity contribution in [2.75, 3.05) is 52.6 Å². The van der Waals surface area contributed by atoms with Crippen molar-refractivity contribution in [3.63, 3.8) is 0 Å². The van der Waals surface area contributed by atoms with Gasteiger partial charge in [-0.3, -0.25) is 4.79 Å². The Morgan fingerprint density at radius 1 is 0.971 bits per heavy atom. The number of thioether (sulfide) groups is 1. The van der Waals surface area contributed by atoms with Gasteiger partial charge in [-0.1, -0.05) is 63.1 Å². The molecular weight excluding hydrogens is 617 g/mol. The van der Waals surface area contributed by atoms with Gasteiger partial charge in [0.2, 0.25) is 0 Å². The van der Waals surface area contributed by atoms with Gasteiger partial charge in [0.15, 0.2) is 4.30 Å². The van der Waals surface area contributed by atoms with Crippen molar-refractivity contribution in [3.8, 4) is 0 Å². The fraction of sp³-hybridized carbons (Fsp3) is 0.778. The van der Waals surface area contributed by atoms with E-state index in [2.05, 4.69) is 0 Å². The molecule has 196 valence electrons. The normalized spacial score (nSPS) is 14.8. The molecule has 2 aliphatic rings. The molecule has 2 heterocycles. The van der Waals surface area contributed by atoms with Crippen molar-refractivity contribution >= 4 is 116 Å². The van der Waals surface area contributed by atoms with Crippen LogP contribution in [-0.4, -0.2) is 96.9 Å². The van der Waals surface area contributed by atoms with E-state index >= 15 is 0 Å². The third kappa shape index (κ3) is 26.6. The van der Waals surface area contributed by atoms with Crippen LogP contribution in [0.3, 0.4) is 0 Å². The maximum absolute atomic E-state index is 10.9. The van der Waals surface area contributed by atoms with Gasteiger partial charge in [-0.25, -0.2) is 0 Å². The first-order valence-corrected chi connectivity index (χ1v) is 12.8. The Kier molecular flexibility index (Phi) is 31.2. The summed E-state index contributed by atoms with van der Waals surface area (Å²) in [4.78, 5) is 24.3. The maximum atomic E-state index is 10.9. The van der Waals surface area contributed by atoms with Crippen molar-refractivity contribution in [3.05, 3.63) is 0 Å². The van der Waals surface area contributed by atoms with Crippen LogP contribution in [0.15, 0.2) is 0 Å². The number of carbonyl (C=O) groups excluding carboxylic acids is 1. The molecule has 16 heteroatoms. The molecule has 7 nitrogen and oxygen atoms in total. The SMILES string of the molecule is CC(C)(SC(=S)N1CCOCC1)C(=O)O.CC(C)=O.Cl.ClC(Cl)Cl.S=C([S-])N1CCOCC1.[Na+]. The molecule has 34 heavy (non-hydrogen) atoms. The van der Waals surface area contributed by atoms with Crippen LogP contribution in [-0.2, 0) is 31.7 Å². The van der Waals surface area contributed by atoms with Crippen LogP contribution < -0.4 is 29.6 Å². The van der Waals surface area contributed by atoms with Gasteiger partial charge < -0.3 is 54.0 Å². The average molecular weight is 649 g/mol. The molecule has 0 aromatic rings. The van der Waals surface area contributed by atoms with E-state index in [9.17, 15) is 9.59 Å². The molecule has 0 aromatic heterocycles. The van der Waals surface area contributed by atoms with E-state index in [1.807, 2.05) is 9.80 Å². The zero-order chi connectivity index (χ0) is 25.3. The molecule has 0 aliphatic carbocycles. The number of morpholine rings is 2. The number of hydrogen-bond acceptors (Lipinski definition) is 8. The van der Waals surface area contributed by atoms with Gasteiger partial charge in [-0.2, -0.15) is 0 Å². The van der Waals surface area contributed by atoms with Crippen molar-refractivity contribution in [2.45, 2.75) is 36.7 Å². The van der Waals surface area contributed by atoms with E-state index < -0.39 is 15.0 Å². The number of nitrogens with zero attached hydrogens (tertiary/aromatic N) is 2. The quantitative estimate of drug-likeness (QED) is 0.204. The molecule has 2 rings (SSSR count). The standard InChI is InChI=1S/C9H15NO3S2.C5H9NOS2.C3H6O.CHCl3.ClH.Na/c1-9(2,7(11)12)15-8(14)10-3-5-13-6-4-10;8-5(9)6-1-3-7-4-2-6;1-3(2)4;2-1(3)4;;/h3-6H2,1-2H3,(H,11,12);1-4H2,(H,8,9);1-2H3;1H;1H;/q;;;;;+1/p-1. The monoisotopic (exact) mass is 646 g/mol. The van der Waals surface area contributed by atoms with Gasteiger partial charge in [0.25, 0.3) is 0 Å². The van der Waals surface area contributed by atoms with Crippen LogP contribution >= 0.6 is 83.4 Å². The number of carboxylic acids is 1. The minimum atomic E-state index is -0.866. The first-order valence-electron chi connectivity index (χ1n) is 9.42. The number of Topliss-reactive ketones (excluding diaryl/α,β-unsaturated/α-hetero) is 1. The molecular formula is C18H31Cl4N2NaO5S4. The van der Waals surface area contributed by atoms with Crippen molar-refractivity contribution < 1.29 is 53.7 Å². The molecule has 0 radical (unpaired) electrons. The summed E-state index contributed by atoms with van der Waals surface area (Å²) in [6.45, 7) is 12.4. The van der Waals surface area contributed by atoms with Crippen molar-refractivity contribution in [2.24, 2.45) is 0 Å². The van der Waals surface area contributed by atoms with Gasteiger partial charge in [-0.15, -0.1) is 12.4 Å². The fourth-order valence-corrected chi connectivity index (χ4v) is 3.83. The number of ketones is 1. The number of carbonyl (C=O) groups is 2. The maximum Gasteiger partial charge on any atom is 1.00 e. The summed E-state index contributed by atoms with van der Waals surface area (Å²) >= 11 is 30.4. The van der Waals surface area contributed by atoms with Gasteiger partial charge in [0.1, 0.15) is 14.9 Å². The van der Waals surface area contributed by atoms with E-state index in [-0.39, 0.29) is 47.7 Å². The molecule has 0 spiro atoms. The molecule has 1 N–H and O–H groups in total. The van der Waals surface area contributed by atoms with Crippen LogP contribution in [0.4, 0.5) is 0 Å². The number of aliphatic carboxylic acids is 1. The van der Waals surface area contributed by atoms with Crippen LogP contribution in [0.5, 0.6) is 0 Å². The minimum Gasteiger partial charge on any atom is -0.480 e. The van der Waals surface area contributed by atoms with Crippen LogP contribution in [0.2, 0.25) is 0 Å². The summed E-state index contributed by atoms with van der Waals surface area (Å²) in [5.74, 6) is -0.678. The third-order valence-electron chi connectivity index (χ3n) is 3.40. The Morgan fingerprint density at radius 2 is 1.26 bits per heavy atom. The molecule has 0 bridgehead atoms. The van der Waals surface area contributed by atoms with E-state index in [1.54, 1.807) is 13.8 Å². The smallest absolute Gasteiger partial charge is 0.480 e. The van der Waals surface area contributed by atoms with Crippen molar-refractivity contribution in [1.29, 1.82) is 0 Å². The minimum absolute atomic E-state index is 0. The summed E-state index contributed by atoms with van der Waals surface area (Å²) in [6.07, 6.45) is 0. The Balaban J connectivity index is -0.000000202. The summed E-state index contributed by atoms with van der Waals surface area (Å²) < 4.78 is 9.90. The topological polar surface area (TPSA) is 79.3 Å². The molecule has 2 aliphatic heterocycles. The van der Waals surface area contributed by atoms with E-state index in [1.165, 1.54) is 25.6 Å². The first kappa shape index (κ1) is 42.7. The number of alkyl halides is 3. The van der Waals surface area contributed by atoms with E-state index in [0.717, 1.165) is 39.4 Å². The third-order valence-corrected chi connectivity index (χ3v) is 5.54. The molecule has 0 unspecified atom stereocenters. The second-order valence-electron chi connectivity index (χ2n) is 6.80. The van der Waals surface area contributed by atoms with E-state index in [0.29, 0.717) is 21.9 Å². The fourth-order valence-electron chi connectivity index (χ4n) is 1.82. The molecule has 0 aromatic carbocycles. The second-order valence-corrected chi connectivity index (χ2v) is 12.1. The zero-order valence-electron chi connectivity index (χ0n) is 19.9. The van der Waals surface area contributed by atoms with Crippen LogP contribution in [0.25, 0.3) is 0 Å². The summed E-state index contributed by atoms with van der Waals surface area (Å²) in [5, 5.41) is 8.96. The zero-order valence-corrected chi connectivity index (χ0v) is 28.2. The molecule has 0 saturated carbocycles. The first-order chi connectivity index (χ1) is 14.7. The van der Waals surface area contributed by atoms with Gasteiger partial charge >= 0.3 is 35.5 Å². The Hall–Kier alpha value is 1.57. The van der Waals surface area contributed by atoms with Crippen molar-refractivity contribution in [1.82, 2.24) is 9.80 Å². The Bertz CT molecular complexity index is 592. The molecule has 2 saturated heterocycles. The van der Waals surface area contributed by atoms with Gasteiger partial charge in [-0.05, 0) is 27.7 Å². The molecule has 0 atom stereocenters. The van der Waals surface area contributed by atoms with Gasteiger partial charge in [0, 0.05) is 26.2 Å².